The van der Waals surface area contributed by atoms with Gasteiger partial charge in [0.1, 0.15) is 0 Å². The Kier molecular flexibility index (Phi) is 4.94. The van der Waals surface area contributed by atoms with E-state index in [0.717, 1.165) is 24.1 Å². The standard InChI is InChI=1S/C18H23NO2/c1-12(2)7-6-8-13(3)19-16-11-17(20)18(21)15-10-5-4-9-14(15)16/h4-5,9-13,19H,6-8H2,1-3H3/t13-/m1/s1. The predicted octanol–water partition coefficient (Wildman–Crippen LogP) is 3.60. The lowest BCUT2D eigenvalue weighted by atomic mass is 9.92. The van der Waals surface area contributed by atoms with Crippen molar-refractivity contribution in [1.29, 1.82) is 0 Å². The van der Waals surface area contributed by atoms with E-state index in [1.54, 1.807) is 12.1 Å². The lowest BCUT2D eigenvalue weighted by Gasteiger charge is -2.22. The molecule has 2 rings (SSSR count). The van der Waals surface area contributed by atoms with Crippen LogP contribution in [0.4, 0.5) is 0 Å². The highest BCUT2D eigenvalue weighted by Gasteiger charge is 2.25. The first-order valence-corrected chi connectivity index (χ1v) is 7.65. The van der Waals surface area contributed by atoms with Gasteiger partial charge in [0.25, 0.3) is 0 Å². The monoisotopic (exact) mass is 285 g/mol. The minimum absolute atomic E-state index is 0.282. The van der Waals surface area contributed by atoms with Gasteiger partial charge in [0, 0.05) is 28.9 Å². The summed E-state index contributed by atoms with van der Waals surface area (Å²) in [6.45, 7) is 6.56. The summed E-state index contributed by atoms with van der Waals surface area (Å²) >= 11 is 0. The van der Waals surface area contributed by atoms with Crippen LogP contribution in [-0.4, -0.2) is 17.6 Å². The first-order valence-electron chi connectivity index (χ1n) is 7.65. The fourth-order valence-electron chi connectivity index (χ4n) is 2.61. The molecule has 0 spiro atoms. The first-order chi connectivity index (χ1) is 9.99. The summed E-state index contributed by atoms with van der Waals surface area (Å²) in [4.78, 5) is 23.7. The molecule has 0 aliphatic heterocycles. The smallest absolute Gasteiger partial charge is 0.233 e. The summed E-state index contributed by atoms with van der Waals surface area (Å²) in [5, 5.41) is 3.39. The third kappa shape index (κ3) is 3.81. The molecule has 1 aliphatic carbocycles. The van der Waals surface area contributed by atoms with Gasteiger partial charge in [-0.1, -0.05) is 51.0 Å². The molecule has 0 saturated carbocycles. The number of Topliss-reactive ketones (excluding diaryl/α,β-unsaturated/α-hetero) is 1. The molecule has 112 valence electrons. The predicted molar refractivity (Wildman–Crippen MR) is 85.0 cm³/mol. The number of benzene rings is 1. The summed E-state index contributed by atoms with van der Waals surface area (Å²) in [5.74, 6) is -0.139. The van der Waals surface area contributed by atoms with E-state index in [4.69, 9.17) is 0 Å². The Morgan fingerprint density at radius 1 is 1.00 bits per heavy atom. The number of ketones is 2. The molecule has 1 atom stereocenters. The highest BCUT2D eigenvalue weighted by molar-refractivity contribution is 6.50. The van der Waals surface area contributed by atoms with Crippen molar-refractivity contribution < 1.29 is 9.59 Å². The Bertz CT molecular complexity index is 572. The Morgan fingerprint density at radius 3 is 2.33 bits per heavy atom. The van der Waals surface area contributed by atoms with Crippen molar-refractivity contribution in [2.45, 2.75) is 46.1 Å². The molecule has 1 aromatic rings. The minimum Gasteiger partial charge on any atom is -0.382 e. The van der Waals surface area contributed by atoms with E-state index in [1.807, 2.05) is 12.1 Å². The van der Waals surface area contributed by atoms with Crippen LogP contribution >= 0.6 is 0 Å². The van der Waals surface area contributed by atoms with E-state index < -0.39 is 11.6 Å². The maximum Gasteiger partial charge on any atom is 0.233 e. The molecule has 0 fully saturated rings. The SMILES string of the molecule is CC(C)CCC[C@@H](C)NC1=CC(=O)C(=O)c2ccccc21. The number of carbonyl (C=O) groups is 2. The minimum atomic E-state index is -0.439. The fourth-order valence-corrected chi connectivity index (χ4v) is 2.61. The number of rotatable bonds is 6. The van der Waals surface area contributed by atoms with Crippen molar-refractivity contribution in [3.63, 3.8) is 0 Å². The van der Waals surface area contributed by atoms with Crippen LogP contribution in [0.5, 0.6) is 0 Å². The second-order valence-electron chi connectivity index (χ2n) is 6.17. The van der Waals surface area contributed by atoms with Gasteiger partial charge in [-0.05, 0) is 19.3 Å². The Hall–Kier alpha value is -1.90. The second-order valence-corrected chi connectivity index (χ2v) is 6.17. The van der Waals surface area contributed by atoms with Gasteiger partial charge in [-0.25, -0.2) is 0 Å². The third-order valence-electron chi connectivity index (χ3n) is 3.78. The third-order valence-corrected chi connectivity index (χ3v) is 3.78. The van der Waals surface area contributed by atoms with Gasteiger partial charge in [0.05, 0.1) is 0 Å². The van der Waals surface area contributed by atoms with Crippen LogP contribution in [0.2, 0.25) is 0 Å². The van der Waals surface area contributed by atoms with Gasteiger partial charge >= 0.3 is 0 Å². The van der Waals surface area contributed by atoms with Crippen molar-refractivity contribution in [1.82, 2.24) is 5.32 Å². The molecule has 1 N–H and O–H groups in total. The highest BCUT2D eigenvalue weighted by atomic mass is 16.2. The summed E-state index contributed by atoms with van der Waals surface area (Å²) in [7, 11) is 0. The van der Waals surface area contributed by atoms with Crippen LogP contribution < -0.4 is 5.32 Å². The molecule has 3 heteroatoms. The van der Waals surface area contributed by atoms with Crippen molar-refractivity contribution in [3.8, 4) is 0 Å². The zero-order valence-electron chi connectivity index (χ0n) is 13.0. The Labute approximate surface area is 126 Å². The average Bonchev–Trinajstić information content (AvgIpc) is 2.44. The van der Waals surface area contributed by atoms with Crippen LogP contribution in [0.3, 0.4) is 0 Å². The van der Waals surface area contributed by atoms with E-state index in [-0.39, 0.29) is 6.04 Å². The number of allylic oxidation sites excluding steroid dienone is 1. The second kappa shape index (κ2) is 6.70. The van der Waals surface area contributed by atoms with Crippen molar-refractivity contribution in [3.05, 3.63) is 41.5 Å². The van der Waals surface area contributed by atoms with Crippen LogP contribution in [0.25, 0.3) is 5.70 Å². The molecule has 0 radical (unpaired) electrons. The van der Waals surface area contributed by atoms with Crippen LogP contribution in [0.15, 0.2) is 30.3 Å². The largest absolute Gasteiger partial charge is 0.382 e. The molecule has 1 aromatic carbocycles. The summed E-state index contributed by atoms with van der Waals surface area (Å²) < 4.78 is 0. The lowest BCUT2D eigenvalue weighted by Crippen LogP contribution is -2.29. The topological polar surface area (TPSA) is 46.2 Å². The molecular weight excluding hydrogens is 262 g/mol. The molecule has 0 heterocycles. The summed E-state index contributed by atoms with van der Waals surface area (Å²) in [6.07, 6.45) is 4.86. The zero-order chi connectivity index (χ0) is 15.4. The maximum absolute atomic E-state index is 11.9. The zero-order valence-corrected chi connectivity index (χ0v) is 13.0. The molecule has 0 amide bonds. The molecule has 21 heavy (non-hydrogen) atoms. The highest BCUT2D eigenvalue weighted by Crippen LogP contribution is 2.24. The van der Waals surface area contributed by atoms with Gasteiger partial charge < -0.3 is 5.32 Å². The normalized spacial score (nSPS) is 15.7. The van der Waals surface area contributed by atoms with Crippen LogP contribution in [0.1, 0.15) is 56.0 Å². The fraction of sp³-hybridized carbons (Fsp3) is 0.444. The number of nitrogens with one attached hydrogen (secondary N) is 1. The van der Waals surface area contributed by atoms with Crippen LogP contribution in [-0.2, 0) is 4.79 Å². The molecule has 1 aliphatic rings. The Balaban J connectivity index is 2.07. The van der Waals surface area contributed by atoms with Crippen molar-refractivity contribution in [2.75, 3.05) is 0 Å². The van der Waals surface area contributed by atoms with E-state index in [0.29, 0.717) is 11.5 Å². The summed E-state index contributed by atoms with van der Waals surface area (Å²) in [6, 6.07) is 7.57. The molecule has 0 saturated heterocycles. The lowest BCUT2D eigenvalue weighted by molar-refractivity contribution is -0.111. The maximum atomic E-state index is 11.9. The van der Waals surface area contributed by atoms with Crippen molar-refractivity contribution in [2.24, 2.45) is 5.92 Å². The van der Waals surface area contributed by atoms with Gasteiger partial charge in [-0.2, -0.15) is 0 Å². The quantitative estimate of drug-likeness (QED) is 0.812. The number of fused-ring (bicyclic) bond motifs is 1. The van der Waals surface area contributed by atoms with Crippen molar-refractivity contribution >= 4 is 17.3 Å². The van der Waals surface area contributed by atoms with E-state index in [1.165, 1.54) is 12.5 Å². The summed E-state index contributed by atoms with van der Waals surface area (Å²) in [5.41, 5.74) is 2.10. The van der Waals surface area contributed by atoms with Gasteiger partial charge in [-0.3, -0.25) is 9.59 Å². The molecule has 0 bridgehead atoms. The average molecular weight is 285 g/mol. The molecule has 0 unspecified atom stereocenters. The van der Waals surface area contributed by atoms with Crippen LogP contribution in [0, 0.1) is 5.92 Å². The van der Waals surface area contributed by atoms with Gasteiger partial charge in [0.15, 0.2) is 0 Å². The Morgan fingerprint density at radius 2 is 1.67 bits per heavy atom. The van der Waals surface area contributed by atoms with Gasteiger partial charge in [-0.15, -0.1) is 0 Å². The molecule has 3 nitrogen and oxygen atoms in total. The molecule has 0 aromatic heterocycles. The molecular formula is C18H23NO2. The number of carbonyl (C=O) groups excluding carboxylic acids is 2. The van der Waals surface area contributed by atoms with E-state index in [9.17, 15) is 9.59 Å². The van der Waals surface area contributed by atoms with E-state index in [2.05, 4.69) is 26.1 Å². The van der Waals surface area contributed by atoms with E-state index >= 15 is 0 Å². The van der Waals surface area contributed by atoms with Gasteiger partial charge in [0.2, 0.25) is 11.6 Å². The number of hydrogen-bond donors (Lipinski definition) is 1. The number of hydrogen-bond acceptors (Lipinski definition) is 3. The first kappa shape index (κ1) is 15.5.